The first-order valence-corrected chi connectivity index (χ1v) is 10.3. The van der Waals surface area contributed by atoms with Gasteiger partial charge < -0.3 is 4.52 Å². The number of aromatic nitrogens is 4. The van der Waals surface area contributed by atoms with E-state index in [1.807, 2.05) is 60.7 Å². The highest BCUT2D eigenvalue weighted by Gasteiger charge is 2.16. The number of benzene rings is 3. The zero-order chi connectivity index (χ0) is 21.9. The largest absolute Gasteiger partial charge is 0.337 e. The van der Waals surface area contributed by atoms with Gasteiger partial charge in [-0.1, -0.05) is 78.0 Å². The second kappa shape index (κ2) is 8.47. The first-order valence-electron chi connectivity index (χ1n) is 10.3. The average molecular weight is 424 g/mol. The molecule has 0 fully saturated rings. The van der Waals surface area contributed by atoms with E-state index in [4.69, 9.17) is 4.52 Å². The number of hydrogen-bond acceptors (Lipinski definition) is 5. The molecule has 0 unspecified atom stereocenters. The monoisotopic (exact) mass is 424 g/mol. The van der Waals surface area contributed by atoms with Crippen molar-refractivity contribution < 1.29 is 4.52 Å². The molecule has 2 aromatic heterocycles. The lowest BCUT2D eigenvalue weighted by Gasteiger charge is -2.12. The van der Waals surface area contributed by atoms with Gasteiger partial charge in [0.25, 0.3) is 5.56 Å². The molecule has 7 nitrogen and oxygen atoms in total. The smallest absolute Gasteiger partial charge is 0.331 e. The number of nitrogens with zero attached hydrogens (tertiary/aromatic N) is 4. The SMILES string of the molecule is O=c1c2ccccc2n(Cc2nc(-c3ccccc3)no2)c(=O)n1CCc1ccccc1. The molecule has 7 heteroatoms. The van der Waals surface area contributed by atoms with Crippen LogP contribution >= 0.6 is 0 Å². The van der Waals surface area contributed by atoms with Crippen LogP contribution in [0.25, 0.3) is 22.3 Å². The summed E-state index contributed by atoms with van der Waals surface area (Å²) in [4.78, 5) is 30.8. The highest BCUT2D eigenvalue weighted by atomic mass is 16.5. The fourth-order valence-corrected chi connectivity index (χ4v) is 3.77. The second-order valence-electron chi connectivity index (χ2n) is 7.46. The summed E-state index contributed by atoms with van der Waals surface area (Å²) >= 11 is 0. The van der Waals surface area contributed by atoms with Gasteiger partial charge in [0.1, 0.15) is 6.54 Å². The molecule has 0 amide bonds. The molecule has 32 heavy (non-hydrogen) atoms. The van der Waals surface area contributed by atoms with Gasteiger partial charge >= 0.3 is 5.69 Å². The Labute approximate surface area is 183 Å². The molecule has 158 valence electrons. The lowest BCUT2D eigenvalue weighted by atomic mass is 10.1. The highest BCUT2D eigenvalue weighted by Crippen LogP contribution is 2.16. The summed E-state index contributed by atoms with van der Waals surface area (Å²) < 4.78 is 8.22. The van der Waals surface area contributed by atoms with Crippen LogP contribution in [0.4, 0.5) is 0 Å². The fraction of sp³-hybridized carbons (Fsp3) is 0.120. The van der Waals surface area contributed by atoms with Gasteiger partial charge in [-0.25, -0.2) is 4.79 Å². The van der Waals surface area contributed by atoms with Gasteiger partial charge in [-0.05, 0) is 24.1 Å². The molecule has 0 saturated carbocycles. The van der Waals surface area contributed by atoms with Gasteiger partial charge in [0.15, 0.2) is 0 Å². The van der Waals surface area contributed by atoms with Crippen LogP contribution in [0.1, 0.15) is 11.5 Å². The minimum atomic E-state index is -0.399. The summed E-state index contributed by atoms with van der Waals surface area (Å²) in [5, 5.41) is 4.51. The molecule has 5 rings (SSSR count). The lowest BCUT2D eigenvalue weighted by molar-refractivity contribution is 0.369. The Morgan fingerprint density at radius 1 is 0.781 bits per heavy atom. The number of fused-ring (bicyclic) bond motifs is 1. The molecule has 0 spiro atoms. The van der Waals surface area contributed by atoms with Crippen molar-refractivity contribution in [3.05, 3.63) is 117 Å². The van der Waals surface area contributed by atoms with Crippen LogP contribution in [-0.2, 0) is 19.5 Å². The minimum Gasteiger partial charge on any atom is -0.337 e. The molecule has 0 atom stereocenters. The Morgan fingerprint density at radius 3 is 2.25 bits per heavy atom. The van der Waals surface area contributed by atoms with Crippen molar-refractivity contribution in [3.63, 3.8) is 0 Å². The quantitative estimate of drug-likeness (QED) is 0.417. The first-order chi connectivity index (χ1) is 15.7. The van der Waals surface area contributed by atoms with Crippen molar-refractivity contribution in [3.8, 4) is 11.4 Å². The third kappa shape index (κ3) is 3.76. The van der Waals surface area contributed by atoms with Crippen LogP contribution in [0.2, 0.25) is 0 Å². The number of rotatable bonds is 6. The molecular weight excluding hydrogens is 404 g/mol. The Morgan fingerprint density at radius 2 is 1.47 bits per heavy atom. The van der Waals surface area contributed by atoms with E-state index in [0.717, 1.165) is 11.1 Å². The van der Waals surface area contributed by atoms with E-state index in [1.165, 1.54) is 9.13 Å². The maximum Gasteiger partial charge on any atom is 0.331 e. The van der Waals surface area contributed by atoms with Crippen molar-refractivity contribution >= 4 is 10.9 Å². The third-order valence-electron chi connectivity index (χ3n) is 5.39. The molecule has 0 bridgehead atoms. The Balaban J connectivity index is 1.54. The van der Waals surface area contributed by atoms with Crippen molar-refractivity contribution in [2.75, 3.05) is 0 Å². The molecule has 0 aliphatic rings. The van der Waals surface area contributed by atoms with E-state index < -0.39 is 5.69 Å². The summed E-state index contributed by atoms with van der Waals surface area (Å²) in [6.07, 6.45) is 0.576. The summed E-state index contributed by atoms with van der Waals surface area (Å²) in [6, 6.07) is 26.3. The Bertz CT molecular complexity index is 1480. The van der Waals surface area contributed by atoms with E-state index in [2.05, 4.69) is 10.1 Å². The van der Waals surface area contributed by atoms with Crippen molar-refractivity contribution in [2.24, 2.45) is 0 Å². The summed E-state index contributed by atoms with van der Waals surface area (Å²) in [6.45, 7) is 0.358. The first kappa shape index (κ1) is 19.7. The van der Waals surface area contributed by atoms with Crippen LogP contribution in [0.5, 0.6) is 0 Å². The summed E-state index contributed by atoms with van der Waals surface area (Å²) in [5.74, 6) is 0.750. The van der Waals surface area contributed by atoms with E-state index >= 15 is 0 Å². The molecule has 0 radical (unpaired) electrons. The maximum absolute atomic E-state index is 13.3. The van der Waals surface area contributed by atoms with Crippen LogP contribution in [0, 0.1) is 0 Å². The standard InChI is InChI=1S/C25H20N4O3/c30-24-20-13-7-8-14-21(20)29(25(31)28(24)16-15-18-9-3-1-4-10-18)17-22-26-23(27-32-22)19-11-5-2-6-12-19/h1-14H,15-17H2. The van der Waals surface area contributed by atoms with Gasteiger partial charge in [0.2, 0.25) is 11.7 Å². The van der Waals surface area contributed by atoms with Crippen molar-refractivity contribution in [1.82, 2.24) is 19.3 Å². The molecule has 2 heterocycles. The summed E-state index contributed by atoms with van der Waals surface area (Å²) in [5.41, 5.74) is 1.73. The van der Waals surface area contributed by atoms with Crippen LogP contribution in [-0.4, -0.2) is 19.3 Å². The average Bonchev–Trinajstić information content (AvgIpc) is 3.32. The van der Waals surface area contributed by atoms with E-state index in [0.29, 0.717) is 29.0 Å². The Hall–Kier alpha value is -4.26. The van der Waals surface area contributed by atoms with Gasteiger partial charge in [0, 0.05) is 12.1 Å². The molecule has 0 aliphatic heterocycles. The topological polar surface area (TPSA) is 82.9 Å². The number of hydrogen-bond donors (Lipinski definition) is 0. The molecule has 0 N–H and O–H groups in total. The summed E-state index contributed by atoms with van der Waals surface area (Å²) in [7, 11) is 0. The number of aryl methyl sites for hydroxylation is 1. The lowest BCUT2D eigenvalue weighted by Crippen LogP contribution is -2.40. The normalized spacial score (nSPS) is 11.1. The highest BCUT2D eigenvalue weighted by molar-refractivity contribution is 5.77. The van der Waals surface area contributed by atoms with Gasteiger partial charge in [-0.15, -0.1) is 0 Å². The zero-order valence-corrected chi connectivity index (χ0v) is 17.2. The predicted molar refractivity (Wildman–Crippen MR) is 121 cm³/mol. The molecule has 5 aromatic rings. The van der Waals surface area contributed by atoms with E-state index in [-0.39, 0.29) is 18.6 Å². The van der Waals surface area contributed by atoms with Crippen LogP contribution < -0.4 is 11.2 Å². The fourth-order valence-electron chi connectivity index (χ4n) is 3.77. The van der Waals surface area contributed by atoms with Gasteiger partial charge in [-0.2, -0.15) is 4.98 Å². The van der Waals surface area contributed by atoms with E-state index in [1.54, 1.807) is 24.3 Å². The number of para-hydroxylation sites is 1. The van der Waals surface area contributed by atoms with Gasteiger partial charge in [-0.3, -0.25) is 13.9 Å². The van der Waals surface area contributed by atoms with Crippen LogP contribution in [0.3, 0.4) is 0 Å². The molecular formula is C25H20N4O3. The molecule has 3 aromatic carbocycles. The van der Waals surface area contributed by atoms with Crippen molar-refractivity contribution in [1.29, 1.82) is 0 Å². The second-order valence-corrected chi connectivity index (χ2v) is 7.46. The third-order valence-corrected chi connectivity index (χ3v) is 5.39. The predicted octanol–water partition coefficient (Wildman–Crippen LogP) is 3.50. The maximum atomic E-state index is 13.3. The minimum absolute atomic E-state index is 0.0742. The van der Waals surface area contributed by atoms with E-state index in [9.17, 15) is 9.59 Å². The molecule has 0 aliphatic carbocycles. The Kier molecular flexibility index (Phi) is 5.21. The van der Waals surface area contributed by atoms with Crippen LogP contribution in [0.15, 0.2) is 99.0 Å². The zero-order valence-electron chi connectivity index (χ0n) is 17.2. The van der Waals surface area contributed by atoms with Crippen molar-refractivity contribution in [2.45, 2.75) is 19.5 Å². The van der Waals surface area contributed by atoms with Gasteiger partial charge in [0.05, 0.1) is 10.9 Å². The molecule has 0 saturated heterocycles.